The van der Waals surface area contributed by atoms with Crippen molar-refractivity contribution in [1.82, 2.24) is 9.13 Å². The third kappa shape index (κ3) is 4.93. The van der Waals surface area contributed by atoms with E-state index in [1.165, 1.54) is 43.8 Å². The first-order chi connectivity index (χ1) is 38.2. The molecule has 1 spiro atoms. The summed E-state index contributed by atoms with van der Waals surface area (Å²) in [5.74, 6) is 5.90. The van der Waals surface area contributed by atoms with Crippen LogP contribution in [0.5, 0.6) is 34.5 Å². The number of para-hydroxylation sites is 6. The molecule has 13 aromatic rings. The van der Waals surface area contributed by atoms with Crippen molar-refractivity contribution in [2.75, 3.05) is 4.90 Å². The summed E-state index contributed by atoms with van der Waals surface area (Å²) in [4.78, 5) is 7.61. The lowest BCUT2D eigenvalue weighted by atomic mass is 9.29. The predicted molar refractivity (Wildman–Crippen MR) is 309 cm³/mol. The van der Waals surface area contributed by atoms with Crippen molar-refractivity contribution in [3.63, 3.8) is 0 Å². The molecule has 7 nitrogen and oxygen atoms in total. The number of aliphatic imine (C=N–C) groups is 1. The SMILES string of the molecule is c1ccc2c(c1)N=C1C2c2ccccc2N1c1cc2c3c(c1)Oc1cccc4c1B3c1c(cccc1C41c3ccc(-n4c5ccccc5c5ccccc54)cc3Oc3cc(-n4c5ccccc5c5ccccc54)ccc31)O2. The number of rotatable bonds is 3. The van der Waals surface area contributed by atoms with Gasteiger partial charge in [0.25, 0.3) is 6.71 Å². The molecule has 0 saturated heterocycles. The lowest BCUT2D eigenvalue weighted by Crippen LogP contribution is -2.65. The Balaban J connectivity index is 0.854. The minimum atomic E-state index is -0.847. The monoisotopic (exact) mass is 982 g/mol. The predicted octanol–water partition coefficient (Wildman–Crippen LogP) is 14.7. The van der Waals surface area contributed by atoms with Crippen LogP contribution in [0.25, 0.3) is 55.0 Å². The number of benzene rings is 11. The maximum absolute atomic E-state index is 7.49. The second-order valence-electron chi connectivity index (χ2n) is 21.2. The maximum Gasteiger partial charge on any atom is 0.261 e. The van der Waals surface area contributed by atoms with Crippen molar-refractivity contribution in [2.24, 2.45) is 4.99 Å². The van der Waals surface area contributed by atoms with E-state index in [2.05, 4.69) is 245 Å². The number of anilines is 2. The average Bonchev–Trinajstić information content (AvgIpc) is 4.40. The molecule has 8 heteroatoms. The molecule has 6 aliphatic rings. The van der Waals surface area contributed by atoms with Crippen LogP contribution in [0.4, 0.5) is 17.1 Å². The molecule has 0 amide bonds. The third-order valence-corrected chi connectivity index (χ3v) is 17.7. The molecule has 1 unspecified atom stereocenters. The van der Waals surface area contributed by atoms with E-state index in [-0.39, 0.29) is 12.6 Å². The zero-order valence-corrected chi connectivity index (χ0v) is 41.1. The largest absolute Gasteiger partial charge is 0.458 e. The first-order valence-electron chi connectivity index (χ1n) is 26.5. The number of hydrogen-bond acceptors (Lipinski definition) is 5. The van der Waals surface area contributed by atoms with Crippen LogP contribution in [0.2, 0.25) is 0 Å². The van der Waals surface area contributed by atoms with E-state index in [9.17, 15) is 0 Å². The van der Waals surface area contributed by atoms with Crippen molar-refractivity contribution in [3.05, 3.63) is 264 Å². The summed E-state index contributed by atoms with van der Waals surface area (Å²) < 4.78 is 26.9. The normalized spacial score (nSPS) is 15.8. The summed E-state index contributed by atoms with van der Waals surface area (Å²) in [6.45, 7) is -0.158. The van der Waals surface area contributed by atoms with Crippen LogP contribution >= 0.6 is 0 Å². The van der Waals surface area contributed by atoms with Crippen molar-refractivity contribution < 1.29 is 14.2 Å². The van der Waals surface area contributed by atoms with Crippen LogP contribution in [0.1, 0.15) is 39.3 Å². The summed E-state index contributed by atoms with van der Waals surface area (Å²) in [6.07, 6.45) is 0. The lowest BCUT2D eigenvalue weighted by molar-refractivity contribution is 0.431. The Kier molecular flexibility index (Phi) is 7.45. The van der Waals surface area contributed by atoms with Gasteiger partial charge in [-0.1, -0.05) is 146 Å². The van der Waals surface area contributed by atoms with Gasteiger partial charge in [-0.05, 0) is 93.8 Å². The van der Waals surface area contributed by atoms with Gasteiger partial charge in [-0.15, -0.1) is 0 Å². The van der Waals surface area contributed by atoms with Gasteiger partial charge in [-0.25, -0.2) is 4.99 Å². The standard InChI is InChI=1S/C69H39BN4O3/c1-7-23-52-46(19-1)64-47-20-6-12-28-57(47)74(68(64)71-52)41-37-62-67-63(38-41)76-59-30-14-22-51-66(59)70(67)65-50(21-13-29-58(65)75-62)69(51)48-33-31-39(72-53-24-8-2-15-42(53)43-16-3-9-25-54(43)72)35-60(48)77-61-36-40(32-34-49(61)69)73-55-26-10-4-17-44(55)45-18-5-11-27-56(45)73/h1-38,64H. The van der Waals surface area contributed by atoms with E-state index in [0.29, 0.717) is 0 Å². The van der Waals surface area contributed by atoms with Gasteiger partial charge in [0.05, 0.1) is 50.5 Å². The van der Waals surface area contributed by atoms with Gasteiger partial charge in [0.2, 0.25) is 0 Å². The van der Waals surface area contributed by atoms with Crippen LogP contribution in [-0.4, -0.2) is 21.7 Å². The molecule has 11 aromatic carbocycles. The van der Waals surface area contributed by atoms with Crippen molar-refractivity contribution in [1.29, 1.82) is 0 Å². The van der Waals surface area contributed by atoms with Gasteiger partial charge in [-0.3, -0.25) is 4.90 Å². The summed E-state index contributed by atoms with van der Waals surface area (Å²) >= 11 is 0. The molecular weight excluding hydrogens is 944 g/mol. The summed E-state index contributed by atoms with van der Waals surface area (Å²) in [6, 6.07) is 83.5. The van der Waals surface area contributed by atoms with Crippen LogP contribution in [0, 0.1) is 0 Å². The molecule has 8 heterocycles. The minimum absolute atomic E-state index is 0.0408. The van der Waals surface area contributed by atoms with E-state index in [1.807, 2.05) is 0 Å². The van der Waals surface area contributed by atoms with Crippen molar-refractivity contribution in [2.45, 2.75) is 11.3 Å². The molecule has 0 N–H and O–H groups in total. The fraction of sp³-hybridized carbons (Fsp3) is 0.0290. The van der Waals surface area contributed by atoms with Crippen LogP contribution in [-0.2, 0) is 5.41 Å². The fourth-order valence-corrected chi connectivity index (χ4v) is 14.8. The smallest absolute Gasteiger partial charge is 0.261 e. The van der Waals surface area contributed by atoms with Crippen molar-refractivity contribution >= 4 is 89.6 Å². The van der Waals surface area contributed by atoms with Crippen LogP contribution < -0.4 is 35.5 Å². The van der Waals surface area contributed by atoms with E-state index in [1.54, 1.807) is 0 Å². The highest BCUT2D eigenvalue weighted by molar-refractivity contribution is 6.99. The number of fused-ring (bicyclic) bond motifs is 17. The molecule has 2 aromatic heterocycles. The van der Waals surface area contributed by atoms with Crippen LogP contribution in [0.15, 0.2) is 236 Å². The Morgan fingerprint density at radius 2 is 0.818 bits per heavy atom. The zero-order valence-electron chi connectivity index (χ0n) is 41.1. The topological polar surface area (TPSA) is 53.1 Å². The molecule has 356 valence electrons. The number of hydrogen-bond donors (Lipinski definition) is 0. The van der Waals surface area contributed by atoms with Gasteiger partial charge in [0.15, 0.2) is 0 Å². The molecule has 77 heavy (non-hydrogen) atoms. The third-order valence-electron chi connectivity index (χ3n) is 17.7. The summed E-state index contributed by atoms with van der Waals surface area (Å²) in [7, 11) is 0. The number of aromatic nitrogens is 2. The van der Waals surface area contributed by atoms with Crippen molar-refractivity contribution in [3.8, 4) is 45.9 Å². The quantitative estimate of drug-likeness (QED) is 0.166. The van der Waals surface area contributed by atoms with Gasteiger partial charge in [-0.2, -0.15) is 0 Å². The molecule has 19 rings (SSSR count). The Morgan fingerprint density at radius 3 is 1.36 bits per heavy atom. The maximum atomic E-state index is 7.49. The number of nitrogens with zero attached hydrogens (tertiary/aromatic N) is 4. The molecule has 0 fully saturated rings. The number of amidine groups is 1. The second kappa shape index (κ2) is 14.2. The highest BCUT2D eigenvalue weighted by atomic mass is 16.5. The lowest BCUT2D eigenvalue weighted by Gasteiger charge is -2.49. The molecular formula is C69H39BN4O3. The highest BCUT2D eigenvalue weighted by Crippen LogP contribution is 2.60. The molecule has 6 aliphatic heterocycles. The zero-order chi connectivity index (χ0) is 49.8. The molecule has 0 radical (unpaired) electrons. The van der Waals surface area contributed by atoms with Gasteiger partial charge in [0, 0.05) is 73.8 Å². The molecule has 0 aliphatic carbocycles. The van der Waals surface area contributed by atoms with Gasteiger partial charge < -0.3 is 23.3 Å². The highest BCUT2D eigenvalue weighted by Gasteiger charge is 2.57. The van der Waals surface area contributed by atoms with Crippen LogP contribution in [0.3, 0.4) is 0 Å². The summed E-state index contributed by atoms with van der Waals surface area (Å²) in [5.41, 5.74) is 19.1. The fourth-order valence-electron chi connectivity index (χ4n) is 14.8. The van der Waals surface area contributed by atoms with E-state index < -0.39 is 5.41 Å². The molecule has 0 saturated carbocycles. The van der Waals surface area contributed by atoms with E-state index in [4.69, 9.17) is 19.2 Å². The van der Waals surface area contributed by atoms with Gasteiger partial charge >= 0.3 is 0 Å². The second-order valence-corrected chi connectivity index (χ2v) is 21.2. The van der Waals surface area contributed by atoms with E-state index >= 15 is 0 Å². The number of ether oxygens (including phenoxy) is 3. The van der Waals surface area contributed by atoms with E-state index in [0.717, 1.165) is 118 Å². The average molecular weight is 983 g/mol. The first-order valence-corrected chi connectivity index (χ1v) is 26.5. The Morgan fingerprint density at radius 1 is 0.364 bits per heavy atom. The Labute approximate surface area is 441 Å². The Bertz CT molecular complexity index is 4560. The van der Waals surface area contributed by atoms with Gasteiger partial charge in [0.1, 0.15) is 40.3 Å². The molecule has 0 bridgehead atoms. The minimum Gasteiger partial charge on any atom is -0.458 e. The summed E-state index contributed by atoms with van der Waals surface area (Å²) in [5, 5.41) is 4.85. The Hall–Kier alpha value is -10.0. The molecule has 1 atom stereocenters. The first kappa shape index (κ1) is 40.4.